The molecule has 0 aliphatic heterocycles. The van der Waals surface area contributed by atoms with Crippen LogP contribution in [0.15, 0.2) is 4.52 Å². The number of carbonyl (C=O) groups excluding carboxylic acids is 1. The molecule has 16 heavy (non-hydrogen) atoms. The van der Waals surface area contributed by atoms with Gasteiger partial charge in [0.2, 0.25) is 5.89 Å². The number of carbonyl (C=O) groups is 1. The Morgan fingerprint density at radius 2 is 2.06 bits per heavy atom. The molecule has 3 rings (SSSR count). The molecule has 0 spiro atoms. The fourth-order valence-corrected chi connectivity index (χ4v) is 1.90. The summed E-state index contributed by atoms with van der Waals surface area (Å²) in [7, 11) is 1.39. The fourth-order valence-electron chi connectivity index (χ4n) is 1.90. The first kappa shape index (κ1) is 9.81. The molecule has 2 aliphatic rings. The Bertz CT molecular complexity index is 444. The number of hydrogen-bond acceptors (Lipinski definition) is 5. The minimum Gasteiger partial charge on any atom is -0.468 e. The van der Waals surface area contributed by atoms with Crippen LogP contribution in [0.4, 0.5) is 0 Å². The minimum atomic E-state index is -0.634. The van der Waals surface area contributed by atoms with Gasteiger partial charge < -0.3 is 9.26 Å². The highest BCUT2D eigenvalue weighted by Crippen LogP contribution is 2.51. The van der Waals surface area contributed by atoms with E-state index in [2.05, 4.69) is 17.1 Å². The summed E-state index contributed by atoms with van der Waals surface area (Å²) in [5.41, 5.74) is -0.556. The molecule has 5 nitrogen and oxygen atoms in total. The smallest absolute Gasteiger partial charge is 0.321 e. The van der Waals surface area contributed by atoms with Gasteiger partial charge in [0.15, 0.2) is 5.82 Å². The predicted octanol–water partition coefficient (Wildman–Crippen LogP) is 1.33. The van der Waals surface area contributed by atoms with E-state index in [1.807, 2.05) is 0 Å². The van der Waals surface area contributed by atoms with Gasteiger partial charge in [0.25, 0.3) is 0 Å². The van der Waals surface area contributed by atoms with E-state index in [0.717, 1.165) is 31.5 Å². The van der Waals surface area contributed by atoms with Crippen molar-refractivity contribution in [3.63, 3.8) is 0 Å². The number of hydrogen-bond donors (Lipinski definition) is 0. The minimum absolute atomic E-state index is 0.0773. The first-order valence-corrected chi connectivity index (χ1v) is 5.54. The summed E-state index contributed by atoms with van der Waals surface area (Å²) in [5.74, 6) is 0.906. The van der Waals surface area contributed by atoms with Crippen LogP contribution in [0.25, 0.3) is 0 Å². The Labute approximate surface area is 93.2 Å². The lowest BCUT2D eigenvalue weighted by Crippen LogP contribution is -2.22. The number of rotatable bonds is 3. The molecule has 1 heterocycles. The van der Waals surface area contributed by atoms with E-state index in [1.165, 1.54) is 7.11 Å². The largest absolute Gasteiger partial charge is 0.468 e. The predicted molar refractivity (Wildman–Crippen MR) is 53.8 cm³/mol. The van der Waals surface area contributed by atoms with Crippen LogP contribution in [0, 0.1) is 0 Å². The molecule has 0 bridgehead atoms. The quantitative estimate of drug-likeness (QED) is 0.722. The summed E-state index contributed by atoms with van der Waals surface area (Å²) in [5, 5.41) is 3.98. The van der Waals surface area contributed by atoms with Gasteiger partial charge in [-0.2, -0.15) is 4.98 Å². The molecule has 2 saturated carbocycles. The number of esters is 1. The molecule has 0 amide bonds. The number of ether oxygens (including phenoxy) is 1. The summed E-state index contributed by atoms with van der Waals surface area (Å²) in [4.78, 5) is 16.0. The zero-order valence-electron chi connectivity index (χ0n) is 9.45. The number of methoxy groups -OCH3 is 1. The molecule has 0 radical (unpaired) electrons. The third-order valence-corrected chi connectivity index (χ3v) is 3.70. The van der Waals surface area contributed by atoms with E-state index in [4.69, 9.17) is 9.26 Å². The lowest BCUT2D eigenvalue weighted by atomic mass is 10.1. The van der Waals surface area contributed by atoms with Gasteiger partial charge in [-0.3, -0.25) is 4.79 Å². The highest BCUT2D eigenvalue weighted by atomic mass is 16.5. The second-order valence-corrected chi connectivity index (χ2v) is 5.06. The second-order valence-electron chi connectivity index (χ2n) is 5.06. The van der Waals surface area contributed by atoms with E-state index in [9.17, 15) is 4.79 Å². The van der Waals surface area contributed by atoms with Crippen molar-refractivity contribution in [3.05, 3.63) is 11.7 Å². The highest BCUT2D eigenvalue weighted by molar-refractivity contribution is 5.85. The van der Waals surface area contributed by atoms with E-state index in [-0.39, 0.29) is 11.4 Å². The topological polar surface area (TPSA) is 65.2 Å². The van der Waals surface area contributed by atoms with Crippen molar-refractivity contribution >= 4 is 5.97 Å². The molecule has 0 unspecified atom stereocenters. The first-order valence-electron chi connectivity index (χ1n) is 5.54. The average Bonchev–Trinajstić information content (AvgIpc) is 3.19. The van der Waals surface area contributed by atoms with Crippen molar-refractivity contribution in [1.29, 1.82) is 0 Å². The van der Waals surface area contributed by atoms with Gasteiger partial charge >= 0.3 is 5.97 Å². The van der Waals surface area contributed by atoms with Crippen molar-refractivity contribution in [3.8, 4) is 0 Å². The molecule has 1 aromatic rings. The molecule has 0 N–H and O–H groups in total. The third kappa shape index (κ3) is 1.20. The maximum Gasteiger partial charge on any atom is 0.321 e. The average molecular weight is 222 g/mol. The van der Waals surface area contributed by atoms with Gasteiger partial charge in [0, 0.05) is 5.41 Å². The van der Waals surface area contributed by atoms with Gasteiger partial charge in [-0.05, 0) is 25.7 Å². The van der Waals surface area contributed by atoms with Crippen molar-refractivity contribution in [2.24, 2.45) is 0 Å². The molecular formula is C11H14N2O3. The van der Waals surface area contributed by atoms with Crippen LogP contribution in [0.5, 0.6) is 0 Å². The van der Waals surface area contributed by atoms with Crippen molar-refractivity contribution in [1.82, 2.24) is 10.1 Å². The van der Waals surface area contributed by atoms with Gasteiger partial charge in [-0.25, -0.2) is 0 Å². The molecule has 0 saturated heterocycles. The van der Waals surface area contributed by atoms with Gasteiger partial charge in [-0.1, -0.05) is 12.1 Å². The standard InChI is InChI=1S/C11H14N2O3/c1-10(3-4-10)7-12-8(16-13-7)11(5-6-11)9(14)15-2/h3-6H2,1-2H3. The van der Waals surface area contributed by atoms with Crippen molar-refractivity contribution < 1.29 is 14.1 Å². The Kier molecular flexibility index (Phi) is 1.74. The molecule has 0 atom stereocenters. The molecule has 0 aromatic carbocycles. The molecule has 5 heteroatoms. The van der Waals surface area contributed by atoms with Crippen molar-refractivity contribution in [2.45, 2.75) is 43.4 Å². The number of nitrogens with zero attached hydrogens (tertiary/aromatic N) is 2. The normalized spacial score (nSPS) is 23.9. The second kappa shape index (κ2) is 2.84. The van der Waals surface area contributed by atoms with E-state index in [1.54, 1.807) is 0 Å². The van der Waals surface area contributed by atoms with E-state index < -0.39 is 5.41 Å². The van der Waals surface area contributed by atoms with Crippen LogP contribution in [0.3, 0.4) is 0 Å². The molecular weight excluding hydrogens is 208 g/mol. The van der Waals surface area contributed by atoms with E-state index in [0.29, 0.717) is 5.89 Å². The monoisotopic (exact) mass is 222 g/mol. The summed E-state index contributed by atoms with van der Waals surface area (Å²) < 4.78 is 10.00. The summed E-state index contributed by atoms with van der Waals surface area (Å²) in [6, 6.07) is 0. The Morgan fingerprint density at radius 3 is 2.56 bits per heavy atom. The molecule has 1 aromatic heterocycles. The highest BCUT2D eigenvalue weighted by Gasteiger charge is 2.58. The summed E-state index contributed by atoms with van der Waals surface area (Å²) >= 11 is 0. The van der Waals surface area contributed by atoms with Crippen LogP contribution in [-0.2, 0) is 20.4 Å². The third-order valence-electron chi connectivity index (χ3n) is 3.70. The van der Waals surface area contributed by atoms with Gasteiger partial charge in [0.1, 0.15) is 5.41 Å². The Hall–Kier alpha value is -1.39. The zero-order chi connectivity index (χ0) is 11.4. The number of aromatic nitrogens is 2. The van der Waals surface area contributed by atoms with E-state index >= 15 is 0 Å². The van der Waals surface area contributed by atoms with Crippen LogP contribution in [-0.4, -0.2) is 23.2 Å². The van der Waals surface area contributed by atoms with Gasteiger partial charge in [0.05, 0.1) is 7.11 Å². The van der Waals surface area contributed by atoms with Crippen LogP contribution < -0.4 is 0 Å². The molecule has 2 fully saturated rings. The molecule has 86 valence electrons. The fraction of sp³-hybridized carbons (Fsp3) is 0.727. The lowest BCUT2D eigenvalue weighted by molar-refractivity contribution is -0.144. The molecule has 2 aliphatic carbocycles. The van der Waals surface area contributed by atoms with Crippen molar-refractivity contribution in [2.75, 3.05) is 7.11 Å². The summed E-state index contributed by atoms with van der Waals surface area (Å²) in [6.45, 7) is 2.11. The van der Waals surface area contributed by atoms with Crippen LogP contribution in [0.2, 0.25) is 0 Å². The maximum absolute atomic E-state index is 11.6. The zero-order valence-corrected chi connectivity index (χ0v) is 9.45. The first-order chi connectivity index (χ1) is 7.61. The Balaban J connectivity index is 1.90. The van der Waals surface area contributed by atoms with Gasteiger partial charge in [-0.15, -0.1) is 0 Å². The summed E-state index contributed by atoms with van der Waals surface area (Å²) in [6.07, 6.45) is 3.68. The maximum atomic E-state index is 11.6. The van der Waals surface area contributed by atoms with Crippen LogP contribution in [0.1, 0.15) is 44.3 Å². The van der Waals surface area contributed by atoms with Crippen LogP contribution >= 0.6 is 0 Å². The lowest BCUT2D eigenvalue weighted by Gasteiger charge is -2.06. The Morgan fingerprint density at radius 1 is 1.38 bits per heavy atom. The SMILES string of the molecule is COC(=O)C1(c2nc(C3(C)CC3)no2)CC1.